The van der Waals surface area contributed by atoms with Gasteiger partial charge in [-0.1, -0.05) is 0 Å². The first-order valence-corrected chi connectivity index (χ1v) is 5.97. The topological polar surface area (TPSA) is 43.4 Å². The number of methoxy groups -OCH3 is 1. The number of pyridine rings is 1. The summed E-state index contributed by atoms with van der Waals surface area (Å²) in [5, 5.41) is 3.12. The Bertz CT molecular complexity index is 358. The molecule has 16 heavy (non-hydrogen) atoms. The van der Waals surface area contributed by atoms with Crippen molar-refractivity contribution in [2.24, 2.45) is 0 Å². The summed E-state index contributed by atoms with van der Waals surface area (Å²) in [4.78, 5) is 3.77. The smallest absolute Gasteiger partial charge is 0.215 e. The van der Waals surface area contributed by atoms with Crippen molar-refractivity contribution in [3.8, 4) is 0 Å². The van der Waals surface area contributed by atoms with Gasteiger partial charge < -0.3 is 14.8 Å². The summed E-state index contributed by atoms with van der Waals surface area (Å²) in [6.45, 7) is 1.11. The van der Waals surface area contributed by atoms with Crippen LogP contribution in [0, 0.1) is 9.52 Å². The number of aromatic nitrogens is 1. The minimum absolute atomic E-state index is 0.0114. The van der Waals surface area contributed by atoms with Crippen LogP contribution in [-0.2, 0) is 9.47 Å². The Kier molecular flexibility index (Phi) is 3.93. The Balaban J connectivity index is 2.08. The van der Waals surface area contributed by atoms with Crippen LogP contribution in [0.25, 0.3) is 0 Å². The highest BCUT2D eigenvalue weighted by atomic mass is 127. The fourth-order valence-corrected chi connectivity index (χ4v) is 2.18. The van der Waals surface area contributed by atoms with Crippen LogP contribution >= 0.6 is 22.6 Å². The fraction of sp³-hybridized carbons (Fsp3) is 0.500. The molecule has 6 heteroatoms. The van der Waals surface area contributed by atoms with E-state index in [0.29, 0.717) is 19.0 Å². The van der Waals surface area contributed by atoms with Crippen molar-refractivity contribution in [1.29, 1.82) is 0 Å². The van der Waals surface area contributed by atoms with E-state index in [1.54, 1.807) is 13.2 Å². The molecule has 1 aliphatic heterocycles. The first-order valence-electron chi connectivity index (χ1n) is 4.89. The third-order valence-corrected chi connectivity index (χ3v) is 3.05. The Morgan fingerprint density at radius 3 is 3.06 bits per heavy atom. The van der Waals surface area contributed by atoms with E-state index in [-0.39, 0.29) is 12.1 Å². The van der Waals surface area contributed by atoms with Crippen LogP contribution < -0.4 is 5.32 Å². The lowest BCUT2D eigenvalue weighted by Gasteiger charge is -2.18. The molecule has 1 fully saturated rings. The van der Waals surface area contributed by atoms with Gasteiger partial charge in [-0.2, -0.15) is 4.39 Å². The number of ether oxygens (including phenoxy) is 2. The average molecular weight is 338 g/mol. The lowest BCUT2D eigenvalue weighted by atomic mass is 10.2. The minimum Gasteiger partial charge on any atom is -0.377 e. The molecular weight excluding hydrogens is 326 g/mol. The summed E-state index contributed by atoms with van der Waals surface area (Å²) >= 11 is 2.05. The molecule has 0 aliphatic carbocycles. The number of rotatable bonds is 3. The molecule has 0 radical (unpaired) electrons. The number of nitrogens with zero attached hydrogens (tertiary/aromatic N) is 1. The van der Waals surface area contributed by atoms with Crippen molar-refractivity contribution < 1.29 is 13.9 Å². The summed E-state index contributed by atoms with van der Waals surface area (Å²) in [6, 6.07) is 3.19. The zero-order valence-electron chi connectivity index (χ0n) is 8.74. The second kappa shape index (κ2) is 5.24. The molecule has 1 N–H and O–H groups in total. The first kappa shape index (κ1) is 12.0. The van der Waals surface area contributed by atoms with E-state index in [2.05, 4.69) is 10.3 Å². The van der Waals surface area contributed by atoms with E-state index in [0.717, 1.165) is 3.57 Å². The molecule has 1 aromatic rings. The predicted octanol–water partition coefficient (Wildman–Crippen LogP) is 1.65. The van der Waals surface area contributed by atoms with Gasteiger partial charge in [-0.15, -0.1) is 0 Å². The van der Waals surface area contributed by atoms with Crippen LogP contribution in [-0.4, -0.2) is 37.5 Å². The van der Waals surface area contributed by atoms with Crippen LogP contribution in [0.3, 0.4) is 0 Å². The minimum atomic E-state index is -0.484. The second-order valence-electron chi connectivity index (χ2n) is 3.56. The number of hydrogen-bond donors (Lipinski definition) is 1. The summed E-state index contributed by atoms with van der Waals surface area (Å²) in [7, 11) is 1.64. The van der Waals surface area contributed by atoms with Gasteiger partial charge in [0, 0.05) is 16.7 Å². The van der Waals surface area contributed by atoms with Gasteiger partial charge in [0.05, 0.1) is 19.3 Å². The summed E-state index contributed by atoms with van der Waals surface area (Å²) in [5.74, 6) is 0.0317. The standard InChI is InChI=1S/C10H12FIN2O2/c1-15-8-5-16-4-7(8)13-10-3-6(12)2-9(11)14-10/h2-3,7-8H,4-5H2,1H3,(H,13,14)/t7-,8+/m0/s1. The fourth-order valence-electron chi connectivity index (χ4n) is 1.63. The van der Waals surface area contributed by atoms with E-state index in [9.17, 15) is 4.39 Å². The van der Waals surface area contributed by atoms with Crippen LogP contribution in [0.4, 0.5) is 10.2 Å². The highest BCUT2D eigenvalue weighted by Crippen LogP contribution is 2.17. The van der Waals surface area contributed by atoms with E-state index in [1.807, 2.05) is 22.6 Å². The Hall–Kier alpha value is -0.470. The first-order chi connectivity index (χ1) is 7.69. The zero-order chi connectivity index (χ0) is 11.5. The zero-order valence-corrected chi connectivity index (χ0v) is 10.9. The van der Waals surface area contributed by atoms with Crippen molar-refractivity contribution in [2.45, 2.75) is 12.1 Å². The summed E-state index contributed by atoms with van der Waals surface area (Å²) in [6.07, 6.45) is -0.0114. The number of anilines is 1. The molecule has 0 bridgehead atoms. The van der Waals surface area contributed by atoms with Crippen LogP contribution in [0.1, 0.15) is 0 Å². The SMILES string of the molecule is CO[C@@H]1COC[C@@H]1Nc1cc(I)cc(F)n1. The monoisotopic (exact) mass is 338 g/mol. The average Bonchev–Trinajstić information content (AvgIpc) is 2.63. The van der Waals surface area contributed by atoms with Gasteiger partial charge in [0.15, 0.2) is 0 Å². The second-order valence-corrected chi connectivity index (χ2v) is 4.80. The van der Waals surface area contributed by atoms with Gasteiger partial charge in [0.2, 0.25) is 5.95 Å². The third kappa shape index (κ3) is 2.80. The van der Waals surface area contributed by atoms with E-state index in [1.165, 1.54) is 6.07 Å². The molecular formula is C10H12FIN2O2. The van der Waals surface area contributed by atoms with Gasteiger partial charge in [0.25, 0.3) is 0 Å². The molecule has 0 unspecified atom stereocenters. The van der Waals surface area contributed by atoms with Crippen molar-refractivity contribution >= 4 is 28.4 Å². The normalized spacial score (nSPS) is 24.7. The van der Waals surface area contributed by atoms with Gasteiger partial charge in [-0.25, -0.2) is 4.98 Å². The van der Waals surface area contributed by atoms with Gasteiger partial charge in [0.1, 0.15) is 11.9 Å². The van der Waals surface area contributed by atoms with E-state index < -0.39 is 5.95 Å². The largest absolute Gasteiger partial charge is 0.377 e. The highest BCUT2D eigenvalue weighted by molar-refractivity contribution is 14.1. The molecule has 1 aromatic heterocycles. The van der Waals surface area contributed by atoms with Crippen molar-refractivity contribution in [3.05, 3.63) is 21.7 Å². The van der Waals surface area contributed by atoms with Crippen molar-refractivity contribution in [2.75, 3.05) is 25.6 Å². The van der Waals surface area contributed by atoms with E-state index in [4.69, 9.17) is 9.47 Å². The highest BCUT2D eigenvalue weighted by Gasteiger charge is 2.28. The van der Waals surface area contributed by atoms with Crippen molar-refractivity contribution in [3.63, 3.8) is 0 Å². The molecule has 1 saturated heterocycles. The maximum Gasteiger partial charge on any atom is 0.215 e. The van der Waals surface area contributed by atoms with Crippen molar-refractivity contribution in [1.82, 2.24) is 4.98 Å². The van der Waals surface area contributed by atoms with E-state index >= 15 is 0 Å². The Morgan fingerprint density at radius 2 is 2.38 bits per heavy atom. The maximum atomic E-state index is 13.1. The van der Waals surface area contributed by atoms with Crippen LogP contribution in [0.5, 0.6) is 0 Å². The number of nitrogens with one attached hydrogen (secondary N) is 1. The lowest BCUT2D eigenvalue weighted by Crippen LogP contribution is -2.33. The molecule has 2 rings (SSSR count). The summed E-state index contributed by atoms with van der Waals surface area (Å²) in [5.41, 5.74) is 0. The van der Waals surface area contributed by atoms with Crippen LogP contribution in [0.2, 0.25) is 0 Å². The Morgan fingerprint density at radius 1 is 1.56 bits per heavy atom. The quantitative estimate of drug-likeness (QED) is 0.672. The Labute approximate surface area is 107 Å². The van der Waals surface area contributed by atoms with Gasteiger partial charge in [-0.3, -0.25) is 0 Å². The number of hydrogen-bond acceptors (Lipinski definition) is 4. The molecule has 0 saturated carbocycles. The molecule has 88 valence electrons. The van der Waals surface area contributed by atoms with Gasteiger partial charge >= 0.3 is 0 Å². The third-order valence-electron chi connectivity index (χ3n) is 2.42. The van der Waals surface area contributed by atoms with Crippen LogP contribution in [0.15, 0.2) is 12.1 Å². The molecule has 0 spiro atoms. The molecule has 2 atom stereocenters. The summed E-state index contributed by atoms with van der Waals surface area (Å²) < 4.78 is 24.4. The predicted molar refractivity (Wildman–Crippen MR) is 65.9 cm³/mol. The molecule has 4 nitrogen and oxygen atoms in total. The maximum absolute atomic E-state index is 13.1. The van der Waals surface area contributed by atoms with Gasteiger partial charge in [-0.05, 0) is 28.7 Å². The molecule has 0 aromatic carbocycles. The number of halogens is 2. The molecule has 2 heterocycles. The molecule has 0 amide bonds. The molecule has 1 aliphatic rings. The lowest BCUT2D eigenvalue weighted by molar-refractivity contribution is 0.0795.